The van der Waals surface area contributed by atoms with Crippen molar-refractivity contribution in [3.8, 4) is 11.5 Å². The van der Waals surface area contributed by atoms with Crippen LogP contribution in [0.2, 0.25) is 0 Å². The van der Waals surface area contributed by atoms with Gasteiger partial charge < -0.3 is 9.73 Å². The minimum Gasteiger partial charge on any atom is -0.436 e. The topological polar surface area (TPSA) is 38.1 Å². The normalized spacial score (nSPS) is 14.1. The monoisotopic (exact) mass is 250 g/mol. The quantitative estimate of drug-likeness (QED) is 0.712. The van der Waals surface area contributed by atoms with Gasteiger partial charge in [-0.3, -0.25) is 0 Å². The summed E-state index contributed by atoms with van der Waals surface area (Å²) in [6.45, 7) is 1.06. The number of oxazole rings is 1. The fourth-order valence-corrected chi connectivity index (χ4v) is 2.60. The molecule has 1 aromatic heterocycles. The second-order valence-corrected chi connectivity index (χ2v) is 4.89. The predicted molar refractivity (Wildman–Crippen MR) is 76.3 cm³/mol. The summed E-state index contributed by atoms with van der Waals surface area (Å²) in [7, 11) is 0. The molecule has 0 saturated carbocycles. The Hall–Kier alpha value is -2.29. The summed E-state index contributed by atoms with van der Waals surface area (Å²) in [6, 6.07) is 14.3. The van der Waals surface area contributed by atoms with E-state index in [-0.39, 0.29) is 0 Å². The molecule has 0 fully saturated rings. The Balaban J connectivity index is 1.83. The van der Waals surface area contributed by atoms with Crippen molar-refractivity contribution in [3.63, 3.8) is 0 Å². The van der Waals surface area contributed by atoms with Crippen molar-refractivity contribution in [2.75, 3.05) is 11.9 Å². The van der Waals surface area contributed by atoms with Crippen LogP contribution in [0.25, 0.3) is 22.6 Å². The maximum atomic E-state index is 5.81. The zero-order chi connectivity index (χ0) is 12.7. The summed E-state index contributed by atoms with van der Waals surface area (Å²) in [5, 5.41) is 3.42. The second-order valence-electron chi connectivity index (χ2n) is 4.89. The average molecular weight is 250 g/mol. The van der Waals surface area contributed by atoms with Gasteiger partial charge in [-0.2, -0.15) is 0 Å². The van der Waals surface area contributed by atoms with E-state index in [4.69, 9.17) is 4.42 Å². The van der Waals surface area contributed by atoms with Crippen LogP contribution < -0.4 is 5.32 Å². The molecule has 0 atom stereocenters. The second kappa shape index (κ2) is 4.12. The van der Waals surface area contributed by atoms with Crippen LogP contribution in [-0.2, 0) is 6.42 Å². The molecule has 1 N–H and O–H groups in total. The summed E-state index contributed by atoms with van der Waals surface area (Å²) < 4.78 is 5.81. The van der Waals surface area contributed by atoms with E-state index in [0.29, 0.717) is 5.89 Å². The highest BCUT2D eigenvalue weighted by Gasteiger charge is 2.12. The smallest absolute Gasteiger partial charge is 0.227 e. The van der Waals surface area contributed by atoms with Crippen molar-refractivity contribution >= 4 is 16.8 Å². The van der Waals surface area contributed by atoms with Gasteiger partial charge in [0.15, 0.2) is 5.58 Å². The number of rotatable bonds is 1. The Labute approximate surface area is 111 Å². The highest BCUT2D eigenvalue weighted by atomic mass is 16.3. The number of nitrogens with zero attached hydrogens (tertiary/aromatic N) is 1. The number of hydrogen-bond donors (Lipinski definition) is 1. The molecule has 1 aliphatic rings. The summed E-state index contributed by atoms with van der Waals surface area (Å²) in [5.41, 5.74) is 5.40. The van der Waals surface area contributed by atoms with Crippen LogP contribution in [0, 0.1) is 0 Å². The third kappa shape index (κ3) is 1.78. The van der Waals surface area contributed by atoms with Crippen molar-refractivity contribution in [1.82, 2.24) is 4.98 Å². The molecule has 19 heavy (non-hydrogen) atoms. The van der Waals surface area contributed by atoms with Gasteiger partial charge in [-0.25, -0.2) is 4.98 Å². The predicted octanol–water partition coefficient (Wildman–Crippen LogP) is 3.85. The Morgan fingerprint density at radius 1 is 1.11 bits per heavy atom. The summed E-state index contributed by atoms with van der Waals surface area (Å²) >= 11 is 0. The molecule has 3 nitrogen and oxygen atoms in total. The highest BCUT2D eigenvalue weighted by molar-refractivity contribution is 5.76. The molecular weight excluding hydrogens is 236 g/mol. The Morgan fingerprint density at radius 2 is 2.05 bits per heavy atom. The summed E-state index contributed by atoms with van der Waals surface area (Å²) in [5.74, 6) is 0.703. The van der Waals surface area contributed by atoms with E-state index in [1.165, 1.54) is 17.7 Å². The third-order valence-corrected chi connectivity index (χ3v) is 3.58. The zero-order valence-corrected chi connectivity index (χ0v) is 10.5. The molecule has 0 bridgehead atoms. The van der Waals surface area contributed by atoms with E-state index >= 15 is 0 Å². The first-order valence-electron chi connectivity index (χ1n) is 6.63. The summed E-state index contributed by atoms with van der Waals surface area (Å²) in [6.07, 6.45) is 2.31. The van der Waals surface area contributed by atoms with Gasteiger partial charge >= 0.3 is 0 Å². The maximum absolute atomic E-state index is 5.81. The van der Waals surface area contributed by atoms with Gasteiger partial charge in [0.2, 0.25) is 5.89 Å². The lowest BCUT2D eigenvalue weighted by molar-refractivity contribution is 0.619. The fraction of sp³-hybridized carbons (Fsp3) is 0.188. The number of benzene rings is 2. The van der Waals surface area contributed by atoms with Gasteiger partial charge in [0, 0.05) is 17.8 Å². The highest BCUT2D eigenvalue weighted by Crippen LogP contribution is 2.29. The minimum absolute atomic E-state index is 0.703. The molecule has 0 radical (unpaired) electrons. The van der Waals surface area contributed by atoms with Crippen LogP contribution in [0.4, 0.5) is 5.69 Å². The van der Waals surface area contributed by atoms with Crippen LogP contribution in [0.15, 0.2) is 46.9 Å². The molecule has 0 aliphatic carbocycles. The van der Waals surface area contributed by atoms with Crippen molar-refractivity contribution in [2.24, 2.45) is 0 Å². The van der Waals surface area contributed by atoms with Crippen LogP contribution >= 0.6 is 0 Å². The van der Waals surface area contributed by atoms with Crippen LogP contribution in [0.1, 0.15) is 12.0 Å². The van der Waals surface area contributed by atoms with Gasteiger partial charge in [0.1, 0.15) is 5.52 Å². The molecule has 2 heterocycles. The van der Waals surface area contributed by atoms with E-state index in [1.54, 1.807) is 0 Å². The molecule has 94 valence electrons. The third-order valence-electron chi connectivity index (χ3n) is 3.58. The van der Waals surface area contributed by atoms with Gasteiger partial charge in [-0.05, 0) is 48.7 Å². The lowest BCUT2D eigenvalue weighted by atomic mass is 10.0. The molecule has 3 aromatic rings. The van der Waals surface area contributed by atoms with Gasteiger partial charge in [0.25, 0.3) is 0 Å². The van der Waals surface area contributed by atoms with Crippen LogP contribution in [0.3, 0.4) is 0 Å². The van der Waals surface area contributed by atoms with Crippen molar-refractivity contribution in [3.05, 3.63) is 48.0 Å². The van der Waals surface area contributed by atoms with Gasteiger partial charge in [0.05, 0.1) is 0 Å². The van der Waals surface area contributed by atoms with Crippen molar-refractivity contribution < 1.29 is 4.42 Å². The number of para-hydroxylation sites is 2. The zero-order valence-electron chi connectivity index (χ0n) is 10.5. The molecule has 0 unspecified atom stereocenters. The molecule has 2 aromatic carbocycles. The van der Waals surface area contributed by atoms with E-state index < -0.39 is 0 Å². The molecule has 0 spiro atoms. The molecular formula is C16H14N2O. The fourth-order valence-electron chi connectivity index (χ4n) is 2.60. The largest absolute Gasteiger partial charge is 0.436 e. The number of hydrogen-bond acceptors (Lipinski definition) is 3. The Bertz CT molecular complexity index is 712. The first-order valence-corrected chi connectivity index (χ1v) is 6.63. The molecule has 0 saturated heterocycles. The van der Waals surface area contributed by atoms with E-state index in [1.807, 2.05) is 24.3 Å². The van der Waals surface area contributed by atoms with Crippen molar-refractivity contribution in [1.29, 1.82) is 0 Å². The molecule has 4 rings (SSSR count). The average Bonchev–Trinajstić information content (AvgIpc) is 2.90. The number of anilines is 1. The number of fused-ring (bicyclic) bond motifs is 2. The maximum Gasteiger partial charge on any atom is 0.227 e. The van der Waals surface area contributed by atoms with Crippen LogP contribution in [-0.4, -0.2) is 11.5 Å². The number of aryl methyl sites for hydroxylation is 1. The lowest BCUT2D eigenvalue weighted by Gasteiger charge is -2.17. The van der Waals surface area contributed by atoms with Crippen LogP contribution in [0.5, 0.6) is 0 Å². The van der Waals surface area contributed by atoms with E-state index in [9.17, 15) is 0 Å². The van der Waals surface area contributed by atoms with Gasteiger partial charge in [-0.1, -0.05) is 12.1 Å². The Kier molecular flexibility index (Phi) is 2.30. The summed E-state index contributed by atoms with van der Waals surface area (Å²) in [4.78, 5) is 4.54. The van der Waals surface area contributed by atoms with E-state index in [0.717, 1.165) is 29.6 Å². The molecule has 3 heteroatoms. The first-order chi connectivity index (χ1) is 9.40. The Morgan fingerprint density at radius 3 is 3.00 bits per heavy atom. The lowest BCUT2D eigenvalue weighted by Crippen LogP contribution is -2.11. The molecule has 0 amide bonds. The number of aromatic nitrogens is 1. The van der Waals surface area contributed by atoms with Gasteiger partial charge in [-0.15, -0.1) is 0 Å². The molecule has 1 aliphatic heterocycles. The number of nitrogens with one attached hydrogen (secondary N) is 1. The van der Waals surface area contributed by atoms with E-state index in [2.05, 4.69) is 28.5 Å². The SMILES string of the molecule is c1ccc2oc(-c3ccc4c(c3)CCCN4)nc2c1. The minimum atomic E-state index is 0.703. The van der Waals surface area contributed by atoms with Crippen molar-refractivity contribution in [2.45, 2.75) is 12.8 Å². The standard InChI is InChI=1S/C16H14N2O/c1-2-6-15-14(5-1)18-16(19-15)12-7-8-13-11(10-12)4-3-9-17-13/h1-2,5-8,10,17H,3-4,9H2. The first kappa shape index (κ1) is 10.6.